The summed E-state index contributed by atoms with van der Waals surface area (Å²) in [5.41, 5.74) is 0.573. The van der Waals surface area contributed by atoms with E-state index in [1.807, 2.05) is 0 Å². The second-order valence-electron chi connectivity index (χ2n) is 2.04. The Labute approximate surface area is 64.3 Å². The third-order valence-corrected chi connectivity index (χ3v) is 1.88. The van der Waals surface area contributed by atoms with Crippen LogP contribution in [0.15, 0.2) is 17.4 Å². The Bertz CT molecular complexity index is 360. The molecule has 0 fully saturated rings. The van der Waals surface area contributed by atoms with E-state index in [4.69, 9.17) is 5.14 Å². The maximum Gasteiger partial charge on any atom is 0.255 e. The number of nitrogens with two attached hydrogens (primary N) is 1. The monoisotopic (exact) mass is 173 g/mol. The van der Waals surface area contributed by atoms with Gasteiger partial charge in [-0.3, -0.25) is 0 Å². The second kappa shape index (κ2) is 2.55. The molecule has 0 aromatic carbocycles. The van der Waals surface area contributed by atoms with Crippen molar-refractivity contribution >= 4 is 10.0 Å². The molecule has 0 radical (unpaired) electrons. The molecule has 60 valence electrons. The summed E-state index contributed by atoms with van der Waals surface area (Å²) in [5.74, 6) is 0. The van der Waals surface area contributed by atoms with Crippen molar-refractivity contribution in [1.29, 1.82) is 0 Å². The summed E-state index contributed by atoms with van der Waals surface area (Å²) in [7, 11) is -3.68. The van der Waals surface area contributed by atoms with Gasteiger partial charge in [-0.05, 0) is 13.0 Å². The predicted octanol–water partition coefficient (Wildman–Crippen LogP) is -0.568. The van der Waals surface area contributed by atoms with Gasteiger partial charge in [0.25, 0.3) is 10.0 Å². The highest BCUT2D eigenvalue weighted by molar-refractivity contribution is 7.89. The summed E-state index contributed by atoms with van der Waals surface area (Å²) in [6.45, 7) is 1.66. The fourth-order valence-corrected chi connectivity index (χ4v) is 1.11. The number of hydrogen-bond donors (Lipinski definition) is 1. The van der Waals surface area contributed by atoms with Crippen LogP contribution in [-0.4, -0.2) is 18.4 Å². The van der Waals surface area contributed by atoms with E-state index in [2.05, 4.69) is 9.97 Å². The third-order valence-electron chi connectivity index (χ3n) is 1.07. The Morgan fingerprint density at radius 1 is 1.45 bits per heavy atom. The molecule has 2 N–H and O–H groups in total. The molecular weight excluding hydrogens is 166 g/mol. The van der Waals surface area contributed by atoms with Gasteiger partial charge in [0.2, 0.25) is 0 Å². The van der Waals surface area contributed by atoms with Gasteiger partial charge >= 0.3 is 0 Å². The normalized spacial score (nSPS) is 11.5. The lowest BCUT2D eigenvalue weighted by Gasteiger charge is -1.95. The van der Waals surface area contributed by atoms with Gasteiger partial charge in [-0.1, -0.05) is 0 Å². The largest absolute Gasteiger partial charge is 0.255 e. The van der Waals surface area contributed by atoms with Crippen LogP contribution in [0.5, 0.6) is 0 Å². The van der Waals surface area contributed by atoms with Crippen molar-refractivity contribution in [2.75, 3.05) is 0 Å². The van der Waals surface area contributed by atoms with E-state index < -0.39 is 10.0 Å². The van der Waals surface area contributed by atoms with Gasteiger partial charge < -0.3 is 0 Å². The summed E-state index contributed by atoms with van der Waals surface area (Å²) in [5, 5.41) is 4.66. The molecule has 0 amide bonds. The van der Waals surface area contributed by atoms with Gasteiger partial charge in [-0.15, -0.1) is 0 Å². The summed E-state index contributed by atoms with van der Waals surface area (Å²) in [6, 6.07) is 1.31. The van der Waals surface area contributed by atoms with E-state index in [9.17, 15) is 8.42 Å². The number of nitrogens with zero attached hydrogens (tertiary/aromatic N) is 2. The molecule has 0 aliphatic rings. The number of sulfonamides is 1. The topological polar surface area (TPSA) is 85.9 Å². The molecule has 1 heterocycles. The highest BCUT2D eigenvalue weighted by Crippen LogP contribution is 2.00. The third kappa shape index (κ3) is 1.95. The summed E-state index contributed by atoms with van der Waals surface area (Å²) in [6.07, 6.45) is 1.16. The van der Waals surface area contributed by atoms with Crippen molar-refractivity contribution in [3.63, 3.8) is 0 Å². The molecule has 1 rings (SSSR count). The van der Waals surface area contributed by atoms with Crippen molar-refractivity contribution in [3.8, 4) is 0 Å². The van der Waals surface area contributed by atoms with Crippen molar-refractivity contribution in [3.05, 3.63) is 18.1 Å². The van der Waals surface area contributed by atoms with E-state index in [1.165, 1.54) is 6.07 Å². The second-order valence-corrected chi connectivity index (χ2v) is 3.55. The molecule has 0 atom stereocenters. The van der Waals surface area contributed by atoms with Crippen LogP contribution in [0.4, 0.5) is 0 Å². The highest BCUT2D eigenvalue weighted by atomic mass is 32.2. The quantitative estimate of drug-likeness (QED) is 0.576. The fourth-order valence-electron chi connectivity index (χ4n) is 0.586. The van der Waals surface area contributed by atoms with Crippen LogP contribution < -0.4 is 5.14 Å². The molecule has 6 heteroatoms. The average Bonchev–Trinajstić information content (AvgIpc) is 1.86. The number of primary sulfonamides is 1. The summed E-state index contributed by atoms with van der Waals surface area (Å²) >= 11 is 0. The zero-order valence-corrected chi connectivity index (χ0v) is 6.67. The molecule has 11 heavy (non-hydrogen) atoms. The smallest absolute Gasteiger partial charge is 0.242 e. The maximum atomic E-state index is 10.7. The lowest BCUT2D eigenvalue weighted by atomic mass is 10.5. The molecule has 0 aliphatic carbocycles. The Morgan fingerprint density at radius 2 is 2.09 bits per heavy atom. The summed E-state index contributed by atoms with van der Waals surface area (Å²) < 4.78 is 21.3. The number of rotatable bonds is 1. The first-order valence-electron chi connectivity index (χ1n) is 2.81. The van der Waals surface area contributed by atoms with Gasteiger partial charge in [0.1, 0.15) is 6.33 Å². The minimum atomic E-state index is -3.68. The molecule has 1 aromatic heterocycles. The summed E-state index contributed by atoms with van der Waals surface area (Å²) in [4.78, 5) is 7.21. The standard InChI is InChI=1S/C5H7N3O2S/c1-4-2-5(8-3-7-4)11(6,9)10/h2-3H,1H3,(H2,6,9,10). The SMILES string of the molecule is Cc1cc(S(N)(=O)=O)ncn1. The minimum Gasteiger partial charge on any atom is -0.242 e. The maximum absolute atomic E-state index is 10.7. The molecule has 1 aromatic rings. The number of hydrogen-bond acceptors (Lipinski definition) is 4. The van der Waals surface area contributed by atoms with Gasteiger partial charge in [0.15, 0.2) is 5.03 Å². The Balaban J connectivity index is 3.28. The van der Waals surface area contributed by atoms with Crippen molar-refractivity contribution < 1.29 is 8.42 Å². The molecule has 0 aliphatic heterocycles. The van der Waals surface area contributed by atoms with Crippen molar-refractivity contribution in [2.24, 2.45) is 5.14 Å². The van der Waals surface area contributed by atoms with Gasteiger partial charge in [0, 0.05) is 5.69 Å². The first-order chi connectivity index (χ1) is 5.00. The van der Waals surface area contributed by atoms with Crippen LogP contribution in [0.2, 0.25) is 0 Å². The first kappa shape index (κ1) is 8.09. The van der Waals surface area contributed by atoms with Crippen LogP contribution in [0.25, 0.3) is 0 Å². The van der Waals surface area contributed by atoms with Gasteiger partial charge in [-0.2, -0.15) is 0 Å². The Hall–Kier alpha value is -1.01. The Kier molecular flexibility index (Phi) is 1.88. The number of aromatic nitrogens is 2. The number of aryl methyl sites for hydroxylation is 1. The van der Waals surface area contributed by atoms with Crippen LogP contribution in [0.3, 0.4) is 0 Å². The van der Waals surface area contributed by atoms with E-state index in [1.54, 1.807) is 6.92 Å². The molecule has 0 spiro atoms. The molecule has 0 saturated heterocycles. The van der Waals surface area contributed by atoms with Gasteiger partial charge in [0.05, 0.1) is 0 Å². The van der Waals surface area contributed by atoms with Crippen LogP contribution in [0, 0.1) is 6.92 Å². The van der Waals surface area contributed by atoms with Crippen LogP contribution in [-0.2, 0) is 10.0 Å². The minimum absolute atomic E-state index is 0.148. The molecule has 0 saturated carbocycles. The van der Waals surface area contributed by atoms with Crippen LogP contribution >= 0.6 is 0 Å². The predicted molar refractivity (Wildman–Crippen MR) is 38.1 cm³/mol. The van der Waals surface area contributed by atoms with E-state index in [0.717, 1.165) is 6.33 Å². The van der Waals surface area contributed by atoms with E-state index in [-0.39, 0.29) is 5.03 Å². The van der Waals surface area contributed by atoms with Crippen molar-refractivity contribution in [2.45, 2.75) is 11.9 Å². The fraction of sp³-hybridized carbons (Fsp3) is 0.200. The van der Waals surface area contributed by atoms with Gasteiger partial charge in [-0.25, -0.2) is 23.5 Å². The average molecular weight is 173 g/mol. The lowest BCUT2D eigenvalue weighted by Crippen LogP contribution is -2.14. The Morgan fingerprint density at radius 3 is 2.45 bits per heavy atom. The van der Waals surface area contributed by atoms with Crippen molar-refractivity contribution in [1.82, 2.24) is 9.97 Å². The molecular formula is C5H7N3O2S. The highest BCUT2D eigenvalue weighted by Gasteiger charge is 2.08. The molecule has 0 unspecified atom stereocenters. The molecule has 5 nitrogen and oxygen atoms in total. The van der Waals surface area contributed by atoms with Crippen LogP contribution in [0.1, 0.15) is 5.69 Å². The lowest BCUT2D eigenvalue weighted by molar-refractivity contribution is 0.593. The first-order valence-corrected chi connectivity index (χ1v) is 4.36. The zero-order valence-electron chi connectivity index (χ0n) is 5.85. The van der Waals surface area contributed by atoms with E-state index >= 15 is 0 Å². The molecule has 0 bridgehead atoms. The van der Waals surface area contributed by atoms with E-state index in [0.29, 0.717) is 5.69 Å². The zero-order chi connectivity index (χ0) is 8.48.